The largest absolute Gasteiger partial charge is 0.382 e. The minimum Gasteiger partial charge on any atom is -0.382 e. The van der Waals surface area contributed by atoms with Crippen molar-refractivity contribution in [1.82, 2.24) is 0 Å². The molecular formula is C16H27N. The average Bonchev–Trinajstić information content (AvgIpc) is 2.33. The van der Waals surface area contributed by atoms with Gasteiger partial charge in [-0.1, -0.05) is 58.2 Å². The summed E-state index contributed by atoms with van der Waals surface area (Å²) in [5, 5.41) is 3.73. The summed E-state index contributed by atoms with van der Waals surface area (Å²) in [6.45, 7) is 6.77. The summed E-state index contributed by atoms with van der Waals surface area (Å²) in [4.78, 5) is 0. The van der Waals surface area contributed by atoms with Crippen LogP contribution in [-0.2, 0) is 6.42 Å². The fourth-order valence-electron chi connectivity index (χ4n) is 2.35. The SMILES string of the molecule is CCCc1ccccc1NC(CCC)CCC. The van der Waals surface area contributed by atoms with Gasteiger partial charge in [-0.05, 0) is 30.9 Å². The predicted octanol–water partition coefficient (Wildman–Crippen LogP) is 5.02. The third kappa shape index (κ3) is 4.80. The molecule has 1 aromatic carbocycles. The maximum Gasteiger partial charge on any atom is 0.0374 e. The van der Waals surface area contributed by atoms with Crippen LogP contribution in [0.1, 0.15) is 58.4 Å². The fourth-order valence-corrected chi connectivity index (χ4v) is 2.35. The lowest BCUT2D eigenvalue weighted by atomic mass is 10.0. The van der Waals surface area contributed by atoms with Gasteiger partial charge >= 0.3 is 0 Å². The Morgan fingerprint density at radius 3 is 2.18 bits per heavy atom. The van der Waals surface area contributed by atoms with Crippen molar-refractivity contribution >= 4 is 5.69 Å². The number of hydrogen-bond donors (Lipinski definition) is 1. The van der Waals surface area contributed by atoms with Crippen molar-refractivity contribution in [3.8, 4) is 0 Å². The van der Waals surface area contributed by atoms with Crippen LogP contribution >= 0.6 is 0 Å². The fraction of sp³-hybridized carbons (Fsp3) is 0.625. The van der Waals surface area contributed by atoms with Crippen LogP contribution in [0.5, 0.6) is 0 Å². The summed E-state index contributed by atoms with van der Waals surface area (Å²) in [5.41, 5.74) is 2.81. The van der Waals surface area contributed by atoms with Crippen LogP contribution in [0.15, 0.2) is 24.3 Å². The minimum absolute atomic E-state index is 0.642. The minimum atomic E-state index is 0.642. The average molecular weight is 233 g/mol. The maximum absolute atomic E-state index is 3.73. The quantitative estimate of drug-likeness (QED) is 0.664. The van der Waals surface area contributed by atoms with Crippen molar-refractivity contribution in [2.24, 2.45) is 0 Å². The molecule has 1 nitrogen and oxygen atoms in total. The van der Waals surface area contributed by atoms with Gasteiger partial charge in [-0.25, -0.2) is 0 Å². The highest BCUT2D eigenvalue weighted by Gasteiger charge is 2.08. The van der Waals surface area contributed by atoms with Crippen molar-refractivity contribution in [3.05, 3.63) is 29.8 Å². The number of anilines is 1. The topological polar surface area (TPSA) is 12.0 Å². The Bertz CT molecular complexity index is 300. The van der Waals surface area contributed by atoms with Crippen LogP contribution in [0, 0.1) is 0 Å². The van der Waals surface area contributed by atoms with Crippen LogP contribution < -0.4 is 5.32 Å². The third-order valence-electron chi connectivity index (χ3n) is 3.17. The van der Waals surface area contributed by atoms with Gasteiger partial charge in [-0.2, -0.15) is 0 Å². The molecule has 0 saturated carbocycles. The molecule has 0 bridgehead atoms. The lowest BCUT2D eigenvalue weighted by Crippen LogP contribution is -2.19. The van der Waals surface area contributed by atoms with E-state index in [9.17, 15) is 0 Å². The smallest absolute Gasteiger partial charge is 0.0374 e. The molecule has 1 aromatic rings. The van der Waals surface area contributed by atoms with E-state index in [4.69, 9.17) is 0 Å². The van der Waals surface area contributed by atoms with Gasteiger partial charge in [0.05, 0.1) is 0 Å². The number of para-hydroxylation sites is 1. The third-order valence-corrected chi connectivity index (χ3v) is 3.17. The summed E-state index contributed by atoms with van der Waals surface area (Å²) in [5.74, 6) is 0. The van der Waals surface area contributed by atoms with E-state index in [0.717, 1.165) is 0 Å². The Hall–Kier alpha value is -0.980. The molecule has 96 valence electrons. The van der Waals surface area contributed by atoms with Crippen molar-refractivity contribution in [3.63, 3.8) is 0 Å². The second-order valence-corrected chi connectivity index (χ2v) is 4.83. The number of hydrogen-bond acceptors (Lipinski definition) is 1. The van der Waals surface area contributed by atoms with E-state index in [2.05, 4.69) is 50.4 Å². The lowest BCUT2D eigenvalue weighted by molar-refractivity contribution is 0.585. The molecule has 0 radical (unpaired) electrons. The van der Waals surface area contributed by atoms with Gasteiger partial charge in [0, 0.05) is 11.7 Å². The first kappa shape index (κ1) is 14.1. The Kier molecular flexibility index (Phi) is 6.76. The molecule has 17 heavy (non-hydrogen) atoms. The molecule has 1 N–H and O–H groups in total. The summed E-state index contributed by atoms with van der Waals surface area (Å²) in [7, 11) is 0. The number of nitrogens with one attached hydrogen (secondary N) is 1. The van der Waals surface area contributed by atoms with E-state index in [1.54, 1.807) is 0 Å². The van der Waals surface area contributed by atoms with Gasteiger partial charge in [0.25, 0.3) is 0 Å². The molecule has 0 spiro atoms. The van der Waals surface area contributed by atoms with Crippen LogP contribution in [0.25, 0.3) is 0 Å². The highest BCUT2D eigenvalue weighted by atomic mass is 14.9. The first-order valence-electron chi connectivity index (χ1n) is 7.16. The van der Waals surface area contributed by atoms with E-state index in [0.29, 0.717) is 6.04 Å². The van der Waals surface area contributed by atoms with Crippen LogP contribution in [0.2, 0.25) is 0 Å². The summed E-state index contributed by atoms with van der Waals surface area (Å²) >= 11 is 0. The molecule has 0 unspecified atom stereocenters. The number of rotatable bonds is 8. The van der Waals surface area contributed by atoms with Gasteiger partial charge in [0.1, 0.15) is 0 Å². The zero-order valence-corrected chi connectivity index (χ0v) is 11.6. The molecule has 0 aliphatic rings. The van der Waals surface area contributed by atoms with Gasteiger partial charge < -0.3 is 5.32 Å². The van der Waals surface area contributed by atoms with E-state index in [1.807, 2.05) is 0 Å². The van der Waals surface area contributed by atoms with Crippen molar-refractivity contribution < 1.29 is 0 Å². The first-order valence-corrected chi connectivity index (χ1v) is 7.16. The molecule has 0 amide bonds. The molecule has 0 atom stereocenters. The molecule has 0 aromatic heterocycles. The molecule has 1 heteroatoms. The van der Waals surface area contributed by atoms with Crippen molar-refractivity contribution in [1.29, 1.82) is 0 Å². The second-order valence-electron chi connectivity index (χ2n) is 4.83. The zero-order chi connectivity index (χ0) is 12.5. The normalized spacial score (nSPS) is 10.8. The number of aryl methyl sites for hydroxylation is 1. The predicted molar refractivity (Wildman–Crippen MR) is 77.7 cm³/mol. The molecular weight excluding hydrogens is 206 g/mol. The Balaban J connectivity index is 2.69. The molecule has 0 fully saturated rings. The van der Waals surface area contributed by atoms with Gasteiger partial charge in [-0.15, -0.1) is 0 Å². The molecule has 0 saturated heterocycles. The van der Waals surface area contributed by atoms with E-state index in [1.165, 1.54) is 49.8 Å². The van der Waals surface area contributed by atoms with Gasteiger partial charge in [0.15, 0.2) is 0 Å². The molecule has 0 aliphatic carbocycles. The van der Waals surface area contributed by atoms with E-state index in [-0.39, 0.29) is 0 Å². The van der Waals surface area contributed by atoms with Crippen LogP contribution in [0.4, 0.5) is 5.69 Å². The Labute approximate surface area is 107 Å². The summed E-state index contributed by atoms with van der Waals surface area (Å²) in [6.07, 6.45) is 7.45. The van der Waals surface area contributed by atoms with E-state index < -0.39 is 0 Å². The Morgan fingerprint density at radius 1 is 0.941 bits per heavy atom. The first-order chi connectivity index (χ1) is 8.31. The van der Waals surface area contributed by atoms with Crippen LogP contribution in [-0.4, -0.2) is 6.04 Å². The molecule has 1 rings (SSSR count). The summed E-state index contributed by atoms with van der Waals surface area (Å²) in [6, 6.07) is 9.40. The van der Waals surface area contributed by atoms with Crippen molar-refractivity contribution in [2.75, 3.05) is 5.32 Å². The standard InChI is InChI=1S/C16H27N/c1-4-9-14-12-7-8-13-16(14)17-15(10-5-2)11-6-3/h7-8,12-13,15,17H,4-6,9-11H2,1-3H3. The van der Waals surface area contributed by atoms with Gasteiger partial charge in [-0.3, -0.25) is 0 Å². The second kappa shape index (κ2) is 8.16. The van der Waals surface area contributed by atoms with Gasteiger partial charge in [0.2, 0.25) is 0 Å². The van der Waals surface area contributed by atoms with Crippen molar-refractivity contribution in [2.45, 2.75) is 65.3 Å². The number of benzene rings is 1. The highest BCUT2D eigenvalue weighted by Crippen LogP contribution is 2.20. The highest BCUT2D eigenvalue weighted by molar-refractivity contribution is 5.51. The van der Waals surface area contributed by atoms with Crippen LogP contribution in [0.3, 0.4) is 0 Å². The maximum atomic E-state index is 3.73. The molecule has 0 aliphatic heterocycles. The lowest BCUT2D eigenvalue weighted by Gasteiger charge is -2.21. The zero-order valence-electron chi connectivity index (χ0n) is 11.6. The Morgan fingerprint density at radius 2 is 1.59 bits per heavy atom. The summed E-state index contributed by atoms with van der Waals surface area (Å²) < 4.78 is 0. The molecule has 0 heterocycles. The monoisotopic (exact) mass is 233 g/mol. The van der Waals surface area contributed by atoms with E-state index >= 15 is 0 Å².